The van der Waals surface area contributed by atoms with Crippen molar-refractivity contribution < 1.29 is 15.0 Å². The second kappa shape index (κ2) is 5.43. The van der Waals surface area contributed by atoms with Gasteiger partial charge in [-0.3, -0.25) is 4.79 Å². The topological polar surface area (TPSA) is 69.6 Å². The summed E-state index contributed by atoms with van der Waals surface area (Å²) in [7, 11) is 0. The van der Waals surface area contributed by atoms with Crippen LogP contribution in [0.5, 0.6) is 0 Å². The van der Waals surface area contributed by atoms with Gasteiger partial charge in [0.05, 0.1) is 11.5 Å². The quantitative estimate of drug-likeness (QED) is 0.775. The molecule has 2 aliphatic carbocycles. The molecule has 2 bridgehead atoms. The van der Waals surface area contributed by atoms with E-state index in [-0.39, 0.29) is 12.0 Å². The van der Waals surface area contributed by atoms with Gasteiger partial charge in [0.1, 0.15) is 0 Å². The number of carbonyl (C=O) groups is 1. The Morgan fingerprint density at radius 1 is 1.29 bits per heavy atom. The number of aliphatic hydroxyl groups is 1. The van der Waals surface area contributed by atoms with Crippen LogP contribution in [0.4, 0.5) is 0 Å². The molecule has 0 aromatic heterocycles. The molecule has 3 N–H and O–H groups in total. The van der Waals surface area contributed by atoms with Crippen LogP contribution >= 0.6 is 0 Å². The summed E-state index contributed by atoms with van der Waals surface area (Å²) in [6.45, 7) is 2.16. The Labute approximate surface area is 125 Å². The standard InChI is InChI=1S/C17H23NO3/c1-17(21,13-5-3-2-4-6-13)10-18-15-12-8-7-11(9-12)14(15)16(19)20/h2-6,11-12,14-15,18,21H,7-10H2,1H3,(H,19,20). The number of nitrogens with one attached hydrogen (secondary N) is 1. The van der Waals surface area contributed by atoms with Gasteiger partial charge in [-0.25, -0.2) is 0 Å². The summed E-state index contributed by atoms with van der Waals surface area (Å²) in [6.07, 6.45) is 3.16. The molecule has 114 valence electrons. The molecule has 0 radical (unpaired) electrons. The maximum absolute atomic E-state index is 11.5. The summed E-state index contributed by atoms with van der Waals surface area (Å²) in [6, 6.07) is 9.52. The van der Waals surface area contributed by atoms with Crippen LogP contribution in [0.15, 0.2) is 30.3 Å². The molecule has 0 amide bonds. The summed E-state index contributed by atoms with van der Waals surface area (Å²) in [4.78, 5) is 11.5. The van der Waals surface area contributed by atoms with Gasteiger partial charge in [0, 0.05) is 12.6 Å². The van der Waals surface area contributed by atoms with Gasteiger partial charge in [0.2, 0.25) is 0 Å². The fourth-order valence-corrected chi connectivity index (χ4v) is 4.16. The smallest absolute Gasteiger partial charge is 0.308 e. The molecule has 4 heteroatoms. The van der Waals surface area contributed by atoms with E-state index < -0.39 is 11.6 Å². The monoisotopic (exact) mass is 289 g/mol. The van der Waals surface area contributed by atoms with Crippen molar-refractivity contribution in [1.82, 2.24) is 5.32 Å². The minimum absolute atomic E-state index is 0.00330. The zero-order chi connectivity index (χ0) is 15.0. The molecule has 1 aromatic carbocycles. The Balaban J connectivity index is 1.68. The lowest BCUT2D eigenvalue weighted by Gasteiger charge is -2.33. The highest BCUT2D eigenvalue weighted by Crippen LogP contribution is 2.48. The highest BCUT2D eigenvalue weighted by Gasteiger charge is 2.51. The van der Waals surface area contributed by atoms with Crippen LogP contribution < -0.4 is 5.32 Å². The van der Waals surface area contributed by atoms with Crippen molar-refractivity contribution in [2.24, 2.45) is 17.8 Å². The third-order valence-electron chi connectivity index (χ3n) is 5.28. The molecule has 5 atom stereocenters. The molecule has 4 nitrogen and oxygen atoms in total. The Bertz CT molecular complexity index is 514. The van der Waals surface area contributed by atoms with Crippen molar-refractivity contribution in [2.75, 3.05) is 6.54 Å². The summed E-state index contributed by atoms with van der Waals surface area (Å²) in [5.41, 5.74) is -0.126. The van der Waals surface area contributed by atoms with E-state index in [1.165, 1.54) is 0 Å². The number of rotatable bonds is 5. The Hall–Kier alpha value is -1.39. The number of hydrogen-bond donors (Lipinski definition) is 3. The molecular weight excluding hydrogens is 266 g/mol. The van der Waals surface area contributed by atoms with Crippen LogP contribution in [0.3, 0.4) is 0 Å². The average molecular weight is 289 g/mol. The summed E-state index contributed by atoms with van der Waals surface area (Å²) in [5, 5.41) is 23.4. The summed E-state index contributed by atoms with van der Waals surface area (Å²) >= 11 is 0. The molecule has 0 aliphatic heterocycles. The van der Waals surface area contributed by atoms with Crippen LogP contribution in [-0.4, -0.2) is 28.8 Å². The Kier molecular flexibility index (Phi) is 3.76. The summed E-state index contributed by atoms with van der Waals surface area (Å²) < 4.78 is 0. The van der Waals surface area contributed by atoms with E-state index in [4.69, 9.17) is 0 Å². The number of hydrogen-bond acceptors (Lipinski definition) is 3. The van der Waals surface area contributed by atoms with E-state index in [0.29, 0.717) is 18.4 Å². The first-order chi connectivity index (χ1) is 9.99. The number of carboxylic acids is 1. The second-order valence-corrected chi connectivity index (χ2v) is 6.74. The van der Waals surface area contributed by atoms with E-state index in [1.54, 1.807) is 6.92 Å². The van der Waals surface area contributed by atoms with Crippen LogP contribution in [-0.2, 0) is 10.4 Å². The lowest BCUT2D eigenvalue weighted by Crippen LogP contribution is -2.48. The van der Waals surface area contributed by atoms with Crippen LogP contribution in [0.1, 0.15) is 31.7 Å². The van der Waals surface area contributed by atoms with Gasteiger partial charge in [0.25, 0.3) is 0 Å². The molecule has 2 saturated carbocycles. The molecule has 0 spiro atoms. The van der Waals surface area contributed by atoms with Crippen LogP contribution in [0.25, 0.3) is 0 Å². The minimum atomic E-state index is -0.980. The van der Waals surface area contributed by atoms with Gasteiger partial charge in [-0.15, -0.1) is 0 Å². The van der Waals surface area contributed by atoms with Gasteiger partial charge in [-0.1, -0.05) is 30.3 Å². The molecule has 5 unspecified atom stereocenters. The molecule has 2 fully saturated rings. The molecule has 0 heterocycles. The highest BCUT2D eigenvalue weighted by atomic mass is 16.4. The molecule has 1 aromatic rings. The van der Waals surface area contributed by atoms with Crippen molar-refractivity contribution in [1.29, 1.82) is 0 Å². The molecule has 2 aliphatic rings. The first-order valence-electron chi connectivity index (χ1n) is 7.73. The highest BCUT2D eigenvalue weighted by molar-refractivity contribution is 5.72. The first kappa shape index (κ1) is 14.5. The second-order valence-electron chi connectivity index (χ2n) is 6.74. The Morgan fingerprint density at radius 3 is 2.62 bits per heavy atom. The maximum Gasteiger partial charge on any atom is 0.308 e. The largest absolute Gasteiger partial charge is 0.481 e. The Morgan fingerprint density at radius 2 is 1.95 bits per heavy atom. The number of benzene rings is 1. The SMILES string of the molecule is CC(O)(CNC1C2CCC(C2)C1C(=O)O)c1ccccc1. The zero-order valence-corrected chi connectivity index (χ0v) is 12.3. The van der Waals surface area contributed by atoms with Crippen LogP contribution in [0.2, 0.25) is 0 Å². The fraction of sp³-hybridized carbons (Fsp3) is 0.588. The van der Waals surface area contributed by atoms with Crippen molar-refractivity contribution >= 4 is 5.97 Å². The van der Waals surface area contributed by atoms with Gasteiger partial charge in [-0.05, 0) is 43.6 Å². The third-order valence-corrected chi connectivity index (χ3v) is 5.28. The van der Waals surface area contributed by atoms with E-state index in [1.807, 2.05) is 30.3 Å². The molecule has 3 rings (SSSR count). The zero-order valence-electron chi connectivity index (χ0n) is 12.3. The van der Waals surface area contributed by atoms with Gasteiger partial charge in [-0.2, -0.15) is 0 Å². The molecule has 0 saturated heterocycles. The van der Waals surface area contributed by atoms with Crippen molar-refractivity contribution in [2.45, 2.75) is 37.8 Å². The minimum Gasteiger partial charge on any atom is -0.481 e. The van der Waals surface area contributed by atoms with Crippen molar-refractivity contribution in [3.05, 3.63) is 35.9 Å². The van der Waals surface area contributed by atoms with Gasteiger partial charge >= 0.3 is 5.97 Å². The lowest BCUT2D eigenvalue weighted by molar-refractivity contribution is -0.144. The number of carboxylic acid groups (broad SMARTS) is 1. The van der Waals surface area contributed by atoms with Gasteiger partial charge < -0.3 is 15.5 Å². The third kappa shape index (κ3) is 2.70. The van der Waals surface area contributed by atoms with Crippen LogP contribution in [0, 0.1) is 17.8 Å². The predicted molar refractivity (Wildman–Crippen MR) is 79.8 cm³/mol. The number of aliphatic carboxylic acids is 1. The lowest BCUT2D eigenvalue weighted by atomic mass is 9.84. The van der Waals surface area contributed by atoms with E-state index in [0.717, 1.165) is 24.8 Å². The van der Waals surface area contributed by atoms with Crippen molar-refractivity contribution in [3.63, 3.8) is 0 Å². The van der Waals surface area contributed by atoms with E-state index >= 15 is 0 Å². The van der Waals surface area contributed by atoms with E-state index in [9.17, 15) is 15.0 Å². The first-order valence-corrected chi connectivity index (χ1v) is 7.73. The fourth-order valence-electron chi connectivity index (χ4n) is 4.16. The predicted octanol–water partition coefficient (Wildman–Crippen LogP) is 1.98. The number of fused-ring (bicyclic) bond motifs is 2. The summed E-state index contributed by atoms with van der Waals surface area (Å²) in [5.74, 6) is -0.233. The molecular formula is C17H23NO3. The normalized spacial score (nSPS) is 33.8. The molecule has 21 heavy (non-hydrogen) atoms. The van der Waals surface area contributed by atoms with Gasteiger partial charge in [0.15, 0.2) is 0 Å². The average Bonchev–Trinajstić information content (AvgIpc) is 3.06. The maximum atomic E-state index is 11.5. The van der Waals surface area contributed by atoms with Crippen molar-refractivity contribution in [3.8, 4) is 0 Å². The van der Waals surface area contributed by atoms with E-state index in [2.05, 4.69) is 5.32 Å².